The summed E-state index contributed by atoms with van der Waals surface area (Å²) in [6.07, 6.45) is 5.83. The minimum atomic E-state index is -0.340. The zero-order chi connectivity index (χ0) is 16.2. The van der Waals surface area contributed by atoms with Crippen molar-refractivity contribution in [3.05, 3.63) is 42.4 Å². The molecular weight excluding hydrogens is 299 g/mol. The Morgan fingerprint density at radius 2 is 2.30 bits per heavy atom. The van der Waals surface area contributed by atoms with Crippen molar-refractivity contribution in [1.29, 1.82) is 0 Å². The van der Waals surface area contributed by atoms with Crippen LogP contribution in [-0.4, -0.2) is 39.7 Å². The molecule has 3 heterocycles. The number of anilines is 1. The van der Waals surface area contributed by atoms with Crippen LogP contribution in [0.3, 0.4) is 0 Å². The van der Waals surface area contributed by atoms with Crippen LogP contribution in [0.2, 0.25) is 0 Å². The van der Waals surface area contributed by atoms with Crippen LogP contribution < -0.4 is 15.5 Å². The molecule has 2 N–H and O–H groups in total. The summed E-state index contributed by atoms with van der Waals surface area (Å²) in [5.41, 5.74) is 0. The van der Waals surface area contributed by atoms with Gasteiger partial charge in [-0.2, -0.15) is 0 Å². The molecule has 0 aromatic carbocycles. The minimum Gasteiger partial charge on any atom is -0.352 e. The SMILES string of the molecule is Cn1ccnc1CNC(=O)N[C@@H]1CCN(c2ncccc2F)C1. The molecule has 0 radical (unpaired) electrons. The molecule has 2 aromatic rings. The molecule has 1 aliphatic rings. The number of nitrogens with one attached hydrogen (secondary N) is 2. The van der Waals surface area contributed by atoms with E-state index in [9.17, 15) is 9.18 Å². The number of aromatic nitrogens is 3. The van der Waals surface area contributed by atoms with Gasteiger partial charge in [0.1, 0.15) is 5.82 Å². The van der Waals surface area contributed by atoms with Gasteiger partial charge in [-0.3, -0.25) is 0 Å². The van der Waals surface area contributed by atoms with Gasteiger partial charge in [-0.05, 0) is 18.6 Å². The molecule has 7 nitrogen and oxygen atoms in total. The number of amides is 2. The van der Waals surface area contributed by atoms with Gasteiger partial charge >= 0.3 is 6.03 Å². The summed E-state index contributed by atoms with van der Waals surface area (Å²) in [5.74, 6) is 0.779. The second-order valence-corrected chi connectivity index (χ2v) is 5.52. The van der Waals surface area contributed by atoms with Crippen LogP contribution >= 0.6 is 0 Å². The number of urea groups is 1. The monoisotopic (exact) mass is 318 g/mol. The Balaban J connectivity index is 1.49. The standard InChI is InChI=1S/C15H19FN6O/c1-21-8-6-17-13(21)9-19-15(23)20-11-4-7-22(10-11)14-12(16)3-2-5-18-14/h2-3,5-6,8,11H,4,7,9-10H2,1H3,(H2,19,20,23)/t11-/m1/s1. The second-order valence-electron chi connectivity index (χ2n) is 5.52. The van der Waals surface area contributed by atoms with Gasteiger partial charge in [-0.1, -0.05) is 0 Å². The molecule has 122 valence electrons. The van der Waals surface area contributed by atoms with Crippen molar-refractivity contribution in [2.75, 3.05) is 18.0 Å². The Hall–Kier alpha value is -2.64. The van der Waals surface area contributed by atoms with E-state index < -0.39 is 0 Å². The molecule has 2 amide bonds. The number of pyridine rings is 1. The van der Waals surface area contributed by atoms with Crippen LogP contribution in [0, 0.1) is 5.82 Å². The van der Waals surface area contributed by atoms with Gasteiger partial charge in [0, 0.05) is 44.8 Å². The highest BCUT2D eigenvalue weighted by Gasteiger charge is 2.26. The highest BCUT2D eigenvalue weighted by molar-refractivity contribution is 5.74. The number of nitrogens with zero attached hydrogens (tertiary/aromatic N) is 4. The Morgan fingerprint density at radius 1 is 1.43 bits per heavy atom. The molecule has 23 heavy (non-hydrogen) atoms. The summed E-state index contributed by atoms with van der Waals surface area (Å²) in [4.78, 5) is 22.0. The number of aryl methyl sites for hydroxylation is 1. The summed E-state index contributed by atoms with van der Waals surface area (Å²) < 4.78 is 15.6. The highest BCUT2D eigenvalue weighted by atomic mass is 19.1. The third-order valence-corrected chi connectivity index (χ3v) is 3.89. The first-order chi connectivity index (χ1) is 11.1. The number of carbonyl (C=O) groups excluding carboxylic acids is 1. The Morgan fingerprint density at radius 3 is 3.04 bits per heavy atom. The fourth-order valence-electron chi connectivity index (χ4n) is 2.64. The van der Waals surface area contributed by atoms with Gasteiger partial charge in [0.15, 0.2) is 11.6 Å². The zero-order valence-corrected chi connectivity index (χ0v) is 12.9. The van der Waals surface area contributed by atoms with E-state index in [0.29, 0.717) is 25.5 Å². The first-order valence-corrected chi connectivity index (χ1v) is 7.49. The van der Waals surface area contributed by atoms with Gasteiger partial charge in [0.2, 0.25) is 0 Å². The van der Waals surface area contributed by atoms with E-state index in [1.165, 1.54) is 6.07 Å². The van der Waals surface area contributed by atoms with Gasteiger partial charge in [-0.15, -0.1) is 0 Å². The summed E-state index contributed by atoms with van der Waals surface area (Å²) in [7, 11) is 1.87. The maximum absolute atomic E-state index is 13.7. The lowest BCUT2D eigenvalue weighted by atomic mass is 10.3. The fourth-order valence-corrected chi connectivity index (χ4v) is 2.64. The van der Waals surface area contributed by atoms with E-state index >= 15 is 0 Å². The predicted octanol–water partition coefficient (Wildman–Crippen LogP) is 1.03. The Kier molecular flexibility index (Phi) is 4.40. The third-order valence-electron chi connectivity index (χ3n) is 3.89. The maximum Gasteiger partial charge on any atom is 0.315 e. The number of carbonyl (C=O) groups is 1. The number of halogens is 1. The first kappa shape index (κ1) is 15.3. The molecule has 1 atom stereocenters. The van der Waals surface area contributed by atoms with Crippen molar-refractivity contribution in [1.82, 2.24) is 25.2 Å². The molecule has 8 heteroatoms. The third kappa shape index (κ3) is 3.58. The second kappa shape index (κ2) is 6.64. The van der Waals surface area contributed by atoms with Gasteiger partial charge < -0.3 is 20.1 Å². The average molecular weight is 318 g/mol. The fraction of sp³-hybridized carbons (Fsp3) is 0.400. The van der Waals surface area contributed by atoms with Gasteiger partial charge in [0.05, 0.1) is 6.54 Å². The number of rotatable bonds is 4. The lowest BCUT2D eigenvalue weighted by Crippen LogP contribution is -2.43. The lowest BCUT2D eigenvalue weighted by Gasteiger charge is -2.18. The van der Waals surface area contributed by atoms with E-state index in [0.717, 1.165) is 12.2 Å². The van der Waals surface area contributed by atoms with E-state index in [1.54, 1.807) is 18.5 Å². The molecular formula is C15H19FN6O. The predicted molar refractivity (Wildman–Crippen MR) is 83.4 cm³/mol. The number of imidazole rings is 1. The van der Waals surface area contributed by atoms with E-state index in [2.05, 4.69) is 20.6 Å². The molecule has 1 saturated heterocycles. The van der Waals surface area contributed by atoms with Crippen LogP contribution in [-0.2, 0) is 13.6 Å². The maximum atomic E-state index is 13.7. The molecule has 0 bridgehead atoms. The molecule has 0 aliphatic carbocycles. The quantitative estimate of drug-likeness (QED) is 0.883. The van der Waals surface area contributed by atoms with Crippen molar-refractivity contribution >= 4 is 11.8 Å². The lowest BCUT2D eigenvalue weighted by molar-refractivity contribution is 0.237. The highest BCUT2D eigenvalue weighted by Crippen LogP contribution is 2.20. The van der Waals surface area contributed by atoms with Gasteiger partial charge in [-0.25, -0.2) is 19.2 Å². The van der Waals surface area contributed by atoms with Crippen molar-refractivity contribution in [3.8, 4) is 0 Å². The molecule has 0 unspecified atom stereocenters. The molecule has 0 spiro atoms. The van der Waals surface area contributed by atoms with Crippen molar-refractivity contribution in [2.24, 2.45) is 7.05 Å². The Bertz CT molecular complexity index is 688. The van der Waals surface area contributed by atoms with E-state index in [4.69, 9.17) is 0 Å². The topological polar surface area (TPSA) is 75.1 Å². The molecule has 1 aliphatic heterocycles. The Labute approximate surface area is 133 Å². The summed E-state index contributed by atoms with van der Waals surface area (Å²) in [6, 6.07) is 2.68. The van der Waals surface area contributed by atoms with Gasteiger partial charge in [0.25, 0.3) is 0 Å². The molecule has 0 saturated carbocycles. The molecule has 3 rings (SSSR count). The largest absolute Gasteiger partial charge is 0.352 e. The smallest absolute Gasteiger partial charge is 0.315 e. The molecule has 1 fully saturated rings. The number of hydrogen-bond acceptors (Lipinski definition) is 4. The average Bonchev–Trinajstić information content (AvgIpc) is 3.15. The first-order valence-electron chi connectivity index (χ1n) is 7.49. The summed E-state index contributed by atoms with van der Waals surface area (Å²) in [5, 5.41) is 5.68. The van der Waals surface area contributed by atoms with Crippen molar-refractivity contribution < 1.29 is 9.18 Å². The summed E-state index contributed by atoms with van der Waals surface area (Å²) in [6.45, 7) is 1.57. The van der Waals surface area contributed by atoms with Crippen LogP contribution in [0.1, 0.15) is 12.2 Å². The van der Waals surface area contributed by atoms with Crippen LogP contribution in [0.5, 0.6) is 0 Å². The molecule has 2 aromatic heterocycles. The van der Waals surface area contributed by atoms with Crippen molar-refractivity contribution in [2.45, 2.75) is 19.0 Å². The zero-order valence-electron chi connectivity index (χ0n) is 12.9. The van der Waals surface area contributed by atoms with Crippen molar-refractivity contribution in [3.63, 3.8) is 0 Å². The van der Waals surface area contributed by atoms with Crippen LogP contribution in [0.4, 0.5) is 15.0 Å². The number of hydrogen-bond donors (Lipinski definition) is 2. The minimum absolute atomic E-state index is 0.0298. The summed E-state index contributed by atoms with van der Waals surface area (Å²) >= 11 is 0. The van der Waals surface area contributed by atoms with Crippen LogP contribution in [0.25, 0.3) is 0 Å². The normalized spacial score (nSPS) is 17.3. The van der Waals surface area contributed by atoms with Crippen LogP contribution in [0.15, 0.2) is 30.7 Å². The van der Waals surface area contributed by atoms with E-state index in [-0.39, 0.29) is 17.9 Å². The van der Waals surface area contributed by atoms with E-state index in [1.807, 2.05) is 22.7 Å².